The normalized spacial score (nSPS) is 14.7. The second-order valence-corrected chi connectivity index (χ2v) is 5.32. The van der Waals surface area contributed by atoms with Gasteiger partial charge in [0.05, 0.1) is 12.2 Å². The molecule has 0 unspecified atom stereocenters. The Kier molecular flexibility index (Phi) is 6.19. The van der Waals surface area contributed by atoms with Crippen molar-refractivity contribution in [3.63, 3.8) is 0 Å². The second kappa shape index (κ2) is 7.19. The van der Waals surface area contributed by atoms with E-state index in [-0.39, 0.29) is 30.5 Å². The number of carbonyl (C=O) groups is 1. The van der Waals surface area contributed by atoms with Crippen LogP contribution in [0.5, 0.6) is 0 Å². The Morgan fingerprint density at radius 1 is 1.58 bits per heavy atom. The quantitative estimate of drug-likeness (QED) is 0.869. The highest BCUT2D eigenvalue weighted by atomic mass is 79.9. The highest BCUT2D eigenvalue weighted by Gasteiger charge is 2.23. The lowest BCUT2D eigenvalue weighted by Crippen LogP contribution is -2.57. The van der Waals surface area contributed by atoms with Gasteiger partial charge in [-0.3, -0.25) is 9.69 Å². The lowest BCUT2D eigenvalue weighted by atomic mass is 10.1. The van der Waals surface area contributed by atoms with Gasteiger partial charge in [0, 0.05) is 23.6 Å². The van der Waals surface area contributed by atoms with Gasteiger partial charge >= 0.3 is 0 Å². The predicted octanol–water partition coefficient (Wildman–Crippen LogP) is 1.85. The zero-order valence-corrected chi connectivity index (χ0v) is 12.9. The fourth-order valence-corrected chi connectivity index (χ4v) is 2.05. The molecule has 2 N–H and O–H groups in total. The predicted molar refractivity (Wildman–Crippen MR) is 79.3 cm³/mol. The van der Waals surface area contributed by atoms with E-state index >= 15 is 0 Å². The third-order valence-corrected chi connectivity index (χ3v) is 3.47. The molecule has 1 heterocycles. The maximum atomic E-state index is 13.5. The maximum Gasteiger partial charge on any atom is 0.238 e. The summed E-state index contributed by atoms with van der Waals surface area (Å²) in [6, 6.07) is 4.96. The molecule has 1 aliphatic rings. The van der Waals surface area contributed by atoms with Crippen LogP contribution in [0.15, 0.2) is 22.7 Å². The Morgan fingerprint density at radius 3 is 2.79 bits per heavy atom. The van der Waals surface area contributed by atoms with E-state index in [0.29, 0.717) is 10.5 Å². The van der Waals surface area contributed by atoms with Crippen LogP contribution in [0.2, 0.25) is 0 Å². The van der Waals surface area contributed by atoms with Crippen LogP contribution in [0.3, 0.4) is 0 Å². The number of rotatable bonds is 4. The summed E-state index contributed by atoms with van der Waals surface area (Å²) in [5.74, 6) is -0.642. The van der Waals surface area contributed by atoms with Crippen molar-refractivity contribution in [3.05, 3.63) is 28.5 Å². The molecule has 0 atom stereocenters. The van der Waals surface area contributed by atoms with Gasteiger partial charge in [0.25, 0.3) is 0 Å². The monoisotopic (exact) mass is 351 g/mol. The molecule has 106 valence electrons. The number of nitrogens with zero attached hydrogens (tertiary/aromatic N) is 1. The van der Waals surface area contributed by atoms with Crippen molar-refractivity contribution in [1.29, 1.82) is 0 Å². The largest absolute Gasteiger partial charge is 0.322 e. The van der Waals surface area contributed by atoms with E-state index in [9.17, 15) is 9.18 Å². The standard InChI is InChI=1S/C12H15BrFN3O.ClH/c1-17(9-5-15-6-9)7-12(18)16-11-3-2-8(13)4-10(11)14;/h2-4,9,15H,5-7H2,1H3,(H,16,18);1H. The van der Waals surface area contributed by atoms with Gasteiger partial charge in [-0.1, -0.05) is 15.9 Å². The van der Waals surface area contributed by atoms with Crippen LogP contribution in [-0.2, 0) is 4.79 Å². The summed E-state index contributed by atoms with van der Waals surface area (Å²) in [5, 5.41) is 5.72. The Morgan fingerprint density at radius 2 is 2.26 bits per heavy atom. The zero-order chi connectivity index (χ0) is 13.1. The molecule has 0 bridgehead atoms. The van der Waals surface area contributed by atoms with Crippen LogP contribution < -0.4 is 10.6 Å². The first kappa shape index (κ1) is 16.4. The average molecular weight is 353 g/mol. The SMILES string of the molecule is CN(CC(=O)Nc1ccc(Br)cc1F)C1CNC1.Cl. The number of hydrogen-bond donors (Lipinski definition) is 2. The van der Waals surface area contributed by atoms with Gasteiger partial charge in [-0.2, -0.15) is 0 Å². The topological polar surface area (TPSA) is 44.4 Å². The van der Waals surface area contributed by atoms with Crippen molar-refractivity contribution in [2.45, 2.75) is 6.04 Å². The zero-order valence-electron chi connectivity index (χ0n) is 10.5. The van der Waals surface area contributed by atoms with E-state index in [1.807, 2.05) is 11.9 Å². The molecule has 1 aromatic carbocycles. The van der Waals surface area contributed by atoms with Crippen LogP contribution >= 0.6 is 28.3 Å². The smallest absolute Gasteiger partial charge is 0.238 e. The second-order valence-electron chi connectivity index (χ2n) is 4.40. The number of anilines is 1. The average Bonchev–Trinajstić information content (AvgIpc) is 2.19. The van der Waals surface area contributed by atoms with Gasteiger partial charge in [-0.25, -0.2) is 4.39 Å². The maximum absolute atomic E-state index is 13.5. The van der Waals surface area contributed by atoms with Crippen LogP contribution in [0.4, 0.5) is 10.1 Å². The third-order valence-electron chi connectivity index (χ3n) is 2.98. The van der Waals surface area contributed by atoms with Crippen molar-refractivity contribution < 1.29 is 9.18 Å². The molecule has 1 aliphatic heterocycles. The first-order valence-corrected chi connectivity index (χ1v) is 6.51. The summed E-state index contributed by atoms with van der Waals surface area (Å²) >= 11 is 3.17. The molecule has 0 aromatic heterocycles. The molecular formula is C12H16BrClFN3O. The number of carbonyl (C=O) groups excluding carboxylic acids is 1. The van der Waals surface area contributed by atoms with Crippen molar-refractivity contribution >= 4 is 39.9 Å². The summed E-state index contributed by atoms with van der Waals surface area (Å²) in [4.78, 5) is 13.7. The summed E-state index contributed by atoms with van der Waals surface area (Å²) in [7, 11) is 1.89. The highest BCUT2D eigenvalue weighted by molar-refractivity contribution is 9.10. The third kappa shape index (κ3) is 4.42. The summed E-state index contributed by atoms with van der Waals surface area (Å²) in [6.45, 7) is 2.06. The molecule has 0 saturated carbocycles. The van der Waals surface area contributed by atoms with E-state index in [0.717, 1.165) is 13.1 Å². The van der Waals surface area contributed by atoms with E-state index < -0.39 is 5.82 Å². The van der Waals surface area contributed by atoms with Gasteiger partial charge in [-0.15, -0.1) is 12.4 Å². The van der Waals surface area contributed by atoms with Crippen LogP contribution in [0.25, 0.3) is 0 Å². The molecule has 2 rings (SSSR count). The number of nitrogens with one attached hydrogen (secondary N) is 2. The van der Waals surface area contributed by atoms with E-state index in [2.05, 4.69) is 26.6 Å². The molecular weight excluding hydrogens is 337 g/mol. The van der Waals surface area contributed by atoms with Crippen LogP contribution in [0, 0.1) is 5.82 Å². The first-order chi connectivity index (χ1) is 8.56. The molecule has 1 amide bonds. The minimum absolute atomic E-state index is 0. The first-order valence-electron chi connectivity index (χ1n) is 5.72. The van der Waals surface area contributed by atoms with Crippen LogP contribution in [-0.4, -0.2) is 43.5 Å². The number of amides is 1. The summed E-state index contributed by atoms with van der Waals surface area (Å²) < 4.78 is 14.2. The minimum Gasteiger partial charge on any atom is -0.322 e. The Bertz CT molecular complexity index is 457. The van der Waals surface area contributed by atoms with E-state index in [4.69, 9.17) is 0 Å². The van der Waals surface area contributed by atoms with Gasteiger partial charge < -0.3 is 10.6 Å². The van der Waals surface area contributed by atoms with E-state index in [1.165, 1.54) is 6.07 Å². The molecule has 1 fully saturated rings. The number of benzene rings is 1. The van der Waals surface area contributed by atoms with Gasteiger partial charge in [0.2, 0.25) is 5.91 Å². The molecule has 4 nitrogen and oxygen atoms in total. The number of halogens is 3. The van der Waals surface area contributed by atoms with Crippen LogP contribution in [0.1, 0.15) is 0 Å². The Hall–Kier alpha value is -0.690. The fraction of sp³-hybridized carbons (Fsp3) is 0.417. The van der Waals surface area contributed by atoms with Crippen molar-refractivity contribution in [1.82, 2.24) is 10.2 Å². The molecule has 1 saturated heterocycles. The van der Waals surface area contributed by atoms with Gasteiger partial charge in [0.1, 0.15) is 5.82 Å². The van der Waals surface area contributed by atoms with E-state index in [1.54, 1.807) is 12.1 Å². The van der Waals surface area contributed by atoms with Crippen molar-refractivity contribution in [3.8, 4) is 0 Å². The number of hydrogen-bond acceptors (Lipinski definition) is 3. The fourth-order valence-electron chi connectivity index (χ4n) is 1.72. The lowest BCUT2D eigenvalue weighted by molar-refractivity contribution is -0.117. The molecule has 19 heavy (non-hydrogen) atoms. The molecule has 0 spiro atoms. The van der Waals surface area contributed by atoms with Crippen molar-refractivity contribution in [2.24, 2.45) is 0 Å². The molecule has 7 heteroatoms. The highest BCUT2D eigenvalue weighted by Crippen LogP contribution is 2.19. The summed E-state index contributed by atoms with van der Waals surface area (Å²) in [6.07, 6.45) is 0. The Labute approximate surface area is 126 Å². The van der Waals surface area contributed by atoms with Crippen molar-refractivity contribution in [2.75, 3.05) is 32.0 Å². The molecule has 1 aromatic rings. The van der Waals surface area contributed by atoms with Gasteiger partial charge in [0.15, 0.2) is 0 Å². The molecule has 0 radical (unpaired) electrons. The Balaban J connectivity index is 0.00000180. The van der Waals surface area contributed by atoms with Gasteiger partial charge in [-0.05, 0) is 25.2 Å². The molecule has 0 aliphatic carbocycles. The summed E-state index contributed by atoms with van der Waals surface area (Å²) in [5.41, 5.74) is 0.211. The number of likely N-dealkylation sites (N-methyl/N-ethyl adjacent to an activating group) is 1. The lowest BCUT2D eigenvalue weighted by Gasteiger charge is -2.35. The minimum atomic E-state index is -0.439.